The average molecular weight is 169 g/mol. The lowest BCUT2D eigenvalue weighted by Crippen LogP contribution is -1.96. The molecule has 0 N–H and O–H groups in total. The lowest BCUT2D eigenvalue weighted by atomic mass is 10.4. The SMILES string of the molecule is COC(=O)c1cc([N+]#N)cs1. The Morgan fingerprint density at radius 1 is 1.82 bits per heavy atom. The minimum Gasteiger partial charge on any atom is -0.465 e. The van der Waals surface area contributed by atoms with E-state index in [2.05, 4.69) is 9.71 Å². The molecule has 0 atom stereocenters. The number of methoxy groups -OCH3 is 1. The van der Waals surface area contributed by atoms with Crippen LogP contribution in [-0.4, -0.2) is 13.1 Å². The second kappa shape index (κ2) is 3.12. The maximum atomic E-state index is 10.8. The van der Waals surface area contributed by atoms with Gasteiger partial charge in [0.2, 0.25) is 5.39 Å². The second-order valence-electron chi connectivity index (χ2n) is 1.76. The van der Waals surface area contributed by atoms with Crippen molar-refractivity contribution in [2.24, 2.45) is 0 Å². The van der Waals surface area contributed by atoms with Crippen molar-refractivity contribution in [2.75, 3.05) is 7.11 Å². The summed E-state index contributed by atoms with van der Waals surface area (Å²) in [6.07, 6.45) is 0. The van der Waals surface area contributed by atoms with E-state index in [4.69, 9.17) is 5.39 Å². The topological polar surface area (TPSA) is 54.5 Å². The van der Waals surface area contributed by atoms with Gasteiger partial charge in [0.05, 0.1) is 18.6 Å². The molecule has 1 aromatic rings. The van der Waals surface area contributed by atoms with Crippen molar-refractivity contribution in [3.8, 4) is 0 Å². The summed E-state index contributed by atoms with van der Waals surface area (Å²) in [6.45, 7) is 0. The molecule has 1 heterocycles. The molecule has 1 aromatic heterocycles. The third kappa shape index (κ3) is 1.53. The first-order valence-electron chi connectivity index (χ1n) is 2.80. The van der Waals surface area contributed by atoms with E-state index >= 15 is 0 Å². The molecule has 11 heavy (non-hydrogen) atoms. The van der Waals surface area contributed by atoms with Crippen LogP contribution in [0, 0.1) is 5.39 Å². The number of esters is 1. The van der Waals surface area contributed by atoms with E-state index in [9.17, 15) is 4.79 Å². The largest absolute Gasteiger partial charge is 0.465 e. The van der Waals surface area contributed by atoms with Gasteiger partial charge in [-0.15, -0.1) is 11.3 Å². The Labute approximate surface area is 67.0 Å². The van der Waals surface area contributed by atoms with Crippen LogP contribution in [0.1, 0.15) is 9.67 Å². The summed E-state index contributed by atoms with van der Waals surface area (Å²) in [4.78, 5) is 14.1. The van der Waals surface area contributed by atoms with Gasteiger partial charge in [-0.25, -0.2) is 4.79 Å². The Morgan fingerprint density at radius 2 is 2.55 bits per heavy atom. The Morgan fingerprint density at radius 3 is 3.00 bits per heavy atom. The van der Waals surface area contributed by atoms with Crippen LogP contribution in [0.25, 0.3) is 4.98 Å². The molecule has 0 bridgehead atoms. The van der Waals surface area contributed by atoms with Crippen LogP contribution in [0.4, 0.5) is 5.69 Å². The van der Waals surface area contributed by atoms with Gasteiger partial charge in [-0.3, -0.25) is 0 Å². The summed E-state index contributed by atoms with van der Waals surface area (Å²) in [5, 5.41) is 9.85. The predicted molar refractivity (Wildman–Crippen MR) is 40.4 cm³/mol. The Hall–Kier alpha value is -1.41. The van der Waals surface area contributed by atoms with Gasteiger partial charge in [0.15, 0.2) is 4.98 Å². The van der Waals surface area contributed by atoms with Crippen LogP contribution in [0.2, 0.25) is 0 Å². The fourth-order valence-corrected chi connectivity index (χ4v) is 1.32. The van der Waals surface area contributed by atoms with Crippen molar-refractivity contribution in [3.63, 3.8) is 0 Å². The van der Waals surface area contributed by atoms with Gasteiger partial charge in [0.1, 0.15) is 4.88 Å². The predicted octanol–water partition coefficient (Wildman–Crippen LogP) is 2.02. The molecular formula is C6H5N2O2S+. The summed E-state index contributed by atoms with van der Waals surface area (Å²) in [5.41, 5.74) is 0.371. The molecule has 0 unspecified atom stereocenters. The summed E-state index contributed by atoms with van der Waals surface area (Å²) in [6, 6.07) is 1.45. The first-order chi connectivity index (χ1) is 5.27. The smallest absolute Gasteiger partial charge is 0.396 e. The number of rotatable bonds is 1. The Balaban J connectivity index is 2.91. The zero-order valence-corrected chi connectivity index (χ0v) is 6.59. The van der Waals surface area contributed by atoms with Crippen molar-refractivity contribution in [3.05, 3.63) is 21.3 Å². The van der Waals surface area contributed by atoms with E-state index in [1.807, 2.05) is 0 Å². The number of carbonyl (C=O) groups is 1. The molecule has 1 rings (SSSR count). The van der Waals surface area contributed by atoms with E-state index in [1.54, 1.807) is 5.38 Å². The Bertz CT molecular complexity index is 313. The molecule has 5 heteroatoms. The van der Waals surface area contributed by atoms with E-state index in [1.165, 1.54) is 24.5 Å². The number of nitrogens with zero attached hydrogens (tertiary/aromatic N) is 2. The van der Waals surface area contributed by atoms with Gasteiger partial charge in [0.25, 0.3) is 0 Å². The van der Waals surface area contributed by atoms with E-state index in [0.717, 1.165) is 0 Å². The Kier molecular flexibility index (Phi) is 2.18. The highest BCUT2D eigenvalue weighted by Crippen LogP contribution is 2.22. The quantitative estimate of drug-likeness (QED) is 0.477. The number of thiophene rings is 1. The van der Waals surface area contributed by atoms with Crippen molar-refractivity contribution < 1.29 is 9.53 Å². The second-order valence-corrected chi connectivity index (χ2v) is 2.67. The molecule has 0 amide bonds. The highest BCUT2D eigenvalue weighted by atomic mass is 32.1. The van der Waals surface area contributed by atoms with E-state index in [0.29, 0.717) is 10.6 Å². The first-order valence-corrected chi connectivity index (χ1v) is 3.68. The van der Waals surface area contributed by atoms with Crippen LogP contribution in [0.3, 0.4) is 0 Å². The van der Waals surface area contributed by atoms with Gasteiger partial charge in [-0.1, -0.05) is 0 Å². The van der Waals surface area contributed by atoms with Gasteiger partial charge < -0.3 is 4.74 Å². The van der Waals surface area contributed by atoms with E-state index in [-0.39, 0.29) is 0 Å². The van der Waals surface area contributed by atoms with Crippen LogP contribution in [0.15, 0.2) is 11.4 Å². The first kappa shape index (κ1) is 7.69. The number of hydrogen-bond donors (Lipinski definition) is 0. The fraction of sp³-hybridized carbons (Fsp3) is 0.167. The van der Waals surface area contributed by atoms with Crippen molar-refractivity contribution >= 4 is 23.0 Å². The molecule has 0 aliphatic carbocycles. The molecule has 0 radical (unpaired) electrons. The van der Waals surface area contributed by atoms with Gasteiger partial charge in [0, 0.05) is 0 Å². The standard InChI is InChI=1S/C6H5N2O2S/c1-10-6(9)5-2-4(8-7)3-11-5/h2-3H,1H3/q+1. The summed E-state index contributed by atoms with van der Waals surface area (Å²) in [7, 11) is 1.30. The third-order valence-corrected chi connectivity index (χ3v) is 1.99. The molecule has 0 spiro atoms. The normalized spacial score (nSPS) is 8.73. The fourth-order valence-electron chi connectivity index (χ4n) is 0.586. The third-order valence-electron chi connectivity index (χ3n) is 1.09. The number of diazo groups is 1. The van der Waals surface area contributed by atoms with Crippen LogP contribution in [0.5, 0.6) is 0 Å². The summed E-state index contributed by atoms with van der Waals surface area (Å²) >= 11 is 1.18. The molecule has 0 saturated carbocycles. The monoisotopic (exact) mass is 169 g/mol. The maximum absolute atomic E-state index is 10.8. The molecule has 56 valence electrons. The van der Waals surface area contributed by atoms with Crippen LogP contribution < -0.4 is 0 Å². The lowest BCUT2D eigenvalue weighted by Gasteiger charge is -1.89. The molecule has 0 aromatic carbocycles. The molecule has 0 fully saturated rings. The molecular weight excluding hydrogens is 164 g/mol. The van der Waals surface area contributed by atoms with Gasteiger partial charge >= 0.3 is 11.7 Å². The van der Waals surface area contributed by atoms with Crippen LogP contribution in [-0.2, 0) is 4.74 Å². The zero-order valence-electron chi connectivity index (χ0n) is 5.77. The molecule has 0 aliphatic heterocycles. The highest BCUT2D eigenvalue weighted by molar-refractivity contribution is 7.12. The summed E-state index contributed by atoms with van der Waals surface area (Å²) < 4.78 is 4.44. The molecule has 4 nitrogen and oxygen atoms in total. The van der Waals surface area contributed by atoms with Crippen molar-refractivity contribution in [2.45, 2.75) is 0 Å². The number of hydrogen-bond acceptors (Lipinski definition) is 4. The minimum atomic E-state index is -0.412. The number of carbonyl (C=O) groups excluding carboxylic acids is 1. The molecule has 0 aliphatic rings. The van der Waals surface area contributed by atoms with Gasteiger partial charge in [-0.05, 0) is 0 Å². The summed E-state index contributed by atoms with van der Waals surface area (Å²) in [5.74, 6) is -0.412. The molecule has 0 saturated heterocycles. The highest BCUT2D eigenvalue weighted by Gasteiger charge is 2.14. The lowest BCUT2D eigenvalue weighted by molar-refractivity contribution is 0.0606. The average Bonchev–Trinajstić information content (AvgIpc) is 2.50. The minimum absolute atomic E-state index is 0.371. The zero-order chi connectivity index (χ0) is 8.27. The van der Waals surface area contributed by atoms with Crippen molar-refractivity contribution in [1.82, 2.24) is 0 Å². The van der Waals surface area contributed by atoms with E-state index < -0.39 is 5.97 Å². The number of ether oxygens (including phenoxy) is 1. The maximum Gasteiger partial charge on any atom is 0.396 e. The van der Waals surface area contributed by atoms with Crippen LogP contribution >= 0.6 is 11.3 Å². The van der Waals surface area contributed by atoms with Crippen molar-refractivity contribution in [1.29, 1.82) is 5.39 Å². The van der Waals surface area contributed by atoms with Gasteiger partial charge in [-0.2, -0.15) is 0 Å².